The van der Waals surface area contributed by atoms with Crippen LogP contribution in [-0.4, -0.2) is 27.8 Å². The highest BCUT2D eigenvalue weighted by molar-refractivity contribution is 7.86. The van der Waals surface area contributed by atoms with Gasteiger partial charge in [0.15, 0.2) is 0 Å². The van der Waals surface area contributed by atoms with Crippen molar-refractivity contribution in [1.29, 1.82) is 0 Å². The molecule has 2 fully saturated rings. The van der Waals surface area contributed by atoms with Crippen molar-refractivity contribution in [3.63, 3.8) is 0 Å². The van der Waals surface area contributed by atoms with Gasteiger partial charge < -0.3 is 5.32 Å². The van der Waals surface area contributed by atoms with E-state index >= 15 is 0 Å². The molecule has 2 saturated carbocycles. The van der Waals surface area contributed by atoms with Crippen LogP contribution in [0.2, 0.25) is 0 Å². The molecular formula is C13H25NOS. The van der Waals surface area contributed by atoms with Gasteiger partial charge in [-0.05, 0) is 38.6 Å². The minimum absolute atomic E-state index is 0.431. The first kappa shape index (κ1) is 12.6. The Labute approximate surface area is 102 Å². The molecule has 5 unspecified atom stereocenters. The van der Waals surface area contributed by atoms with Crippen LogP contribution >= 0.6 is 0 Å². The molecular weight excluding hydrogens is 218 g/mol. The molecule has 2 aliphatic carbocycles. The second kappa shape index (κ2) is 5.63. The predicted octanol–water partition coefficient (Wildman–Crippen LogP) is 2.45. The number of hydrogen-bond acceptors (Lipinski definition) is 2. The van der Waals surface area contributed by atoms with Gasteiger partial charge in [0.2, 0.25) is 0 Å². The van der Waals surface area contributed by atoms with Gasteiger partial charge in [-0.1, -0.05) is 26.2 Å². The molecule has 2 rings (SSSR count). The zero-order valence-electron chi connectivity index (χ0n) is 10.6. The van der Waals surface area contributed by atoms with Crippen molar-refractivity contribution in [3.8, 4) is 0 Å². The predicted molar refractivity (Wildman–Crippen MR) is 70.0 cm³/mol. The molecule has 1 N–H and O–H groups in total. The molecule has 0 aromatic rings. The lowest BCUT2D eigenvalue weighted by Crippen LogP contribution is -2.40. The van der Waals surface area contributed by atoms with Gasteiger partial charge in [-0.3, -0.25) is 4.21 Å². The quantitative estimate of drug-likeness (QED) is 0.825. The summed E-state index contributed by atoms with van der Waals surface area (Å²) in [6.07, 6.45) is 8.66. The van der Waals surface area contributed by atoms with Crippen LogP contribution in [0.4, 0.5) is 0 Å². The first-order valence-electron chi connectivity index (χ1n) is 6.79. The summed E-state index contributed by atoms with van der Waals surface area (Å²) in [4.78, 5) is 0. The first-order valence-corrected chi connectivity index (χ1v) is 8.06. The molecule has 0 radical (unpaired) electrons. The zero-order chi connectivity index (χ0) is 11.5. The van der Waals surface area contributed by atoms with Gasteiger partial charge in [0.25, 0.3) is 0 Å². The SMILES string of the molecule is CNC1CCCC1S(=O)C1CCCC(C)C1. The lowest BCUT2D eigenvalue weighted by atomic mass is 9.91. The lowest BCUT2D eigenvalue weighted by molar-refractivity contribution is 0.387. The number of rotatable bonds is 3. The highest BCUT2D eigenvalue weighted by Gasteiger charge is 2.35. The van der Waals surface area contributed by atoms with E-state index in [1.807, 2.05) is 7.05 Å². The van der Waals surface area contributed by atoms with E-state index in [9.17, 15) is 4.21 Å². The van der Waals surface area contributed by atoms with Gasteiger partial charge in [-0.25, -0.2) is 0 Å². The molecule has 94 valence electrons. The molecule has 0 spiro atoms. The summed E-state index contributed by atoms with van der Waals surface area (Å²) in [5, 5.41) is 4.27. The van der Waals surface area contributed by atoms with Gasteiger partial charge in [-0.15, -0.1) is 0 Å². The Hall–Kier alpha value is 0.110. The summed E-state index contributed by atoms with van der Waals surface area (Å²) in [5.41, 5.74) is 0. The smallest absolute Gasteiger partial charge is 0.0503 e. The van der Waals surface area contributed by atoms with E-state index in [-0.39, 0.29) is 0 Å². The van der Waals surface area contributed by atoms with E-state index in [1.165, 1.54) is 44.9 Å². The van der Waals surface area contributed by atoms with Gasteiger partial charge in [0, 0.05) is 22.1 Å². The van der Waals surface area contributed by atoms with Crippen molar-refractivity contribution in [2.75, 3.05) is 7.05 Å². The summed E-state index contributed by atoms with van der Waals surface area (Å²) < 4.78 is 12.6. The molecule has 0 amide bonds. The third-order valence-electron chi connectivity index (χ3n) is 4.34. The Morgan fingerprint density at radius 1 is 1.12 bits per heavy atom. The topological polar surface area (TPSA) is 29.1 Å². The normalized spacial score (nSPS) is 42.1. The van der Waals surface area contributed by atoms with Crippen molar-refractivity contribution < 1.29 is 4.21 Å². The van der Waals surface area contributed by atoms with Crippen LogP contribution in [0, 0.1) is 5.92 Å². The molecule has 5 atom stereocenters. The molecule has 16 heavy (non-hydrogen) atoms. The van der Waals surface area contributed by atoms with Crippen LogP contribution in [-0.2, 0) is 10.8 Å². The number of hydrogen-bond donors (Lipinski definition) is 1. The average Bonchev–Trinajstić information content (AvgIpc) is 2.76. The van der Waals surface area contributed by atoms with Crippen molar-refractivity contribution in [2.45, 2.75) is 68.4 Å². The highest BCUT2D eigenvalue weighted by atomic mass is 32.2. The largest absolute Gasteiger partial charge is 0.316 e. The Morgan fingerprint density at radius 2 is 1.88 bits per heavy atom. The Bertz CT molecular complexity index is 256. The van der Waals surface area contributed by atoms with Crippen molar-refractivity contribution in [1.82, 2.24) is 5.32 Å². The second-order valence-corrected chi connectivity index (χ2v) is 7.52. The Morgan fingerprint density at radius 3 is 2.56 bits per heavy atom. The maximum Gasteiger partial charge on any atom is 0.0503 e. The molecule has 0 heterocycles. The van der Waals surface area contributed by atoms with Crippen molar-refractivity contribution in [3.05, 3.63) is 0 Å². The third kappa shape index (κ3) is 2.67. The summed E-state index contributed by atoms with van der Waals surface area (Å²) in [5.74, 6) is 0.789. The molecule has 0 aromatic heterocycles. The molecule has 0 aliphatic heterocycles. The summed E-state index contributed by atoms with van der Waals surface area (Å²) >= 11 is 0. The molecule has 2 aliphatic rings. The molecule has 0 aromatic carbocycles. The molecule has 2 nitrogen and oxygen atoms in total. The fourth-order valence-corrected chi connectivity index (χ4v) is 5.78. The maximum atomic E-state index is 12.6. The van der Waals surface area contributed by atoms with Crippen molar-refractivity contribution in [2.24, 2.45) is 5.92 Å². The molecule has 3 heteroatoms. The summed E-state index contributed by atoms with van der Waals surface area (Å²) in [7, 11) is 1.42. The van der Waals surface area contributed by atoms with E-state index in [1.54, 1.807) is 0 Å². The van der Waals surface area contributed by atoms with Crippen LogP contribution in [0.3, 0.4) is 0 Å². The summed E-state index contributed by atoms with van der Waals surface area (Å²) in [6.45, 7) is 2.31. The van der Waals surface area contributed by atoms with Gasteiger partial charge in [0.05, 0.1) is 5.25 Å². The van der Waals surface area contributed by atoms with Crippen LogP contribution < -0.4 is 5.32 Å². The standard InChI is InChI=1S/C13H25NOS/c1-10-5-3-6-11(9-10)16(15)13-8-4-7-12(13)14-2/h10-14H,3-9H2,1-2H3. The minimum atomic E-state index is -0.595. The van der Waals surface area contributed by atoms with E-state index in [2.05, 4.69) is 12.2 Å². The van der Waals surface area contributed by atoms with Crippen molar-refractivity contribution >= 4 is 10.8 Å². The van der Waals surface area contributed by atoms with Crippen LogP contribution in [0.1, 0.15) is 51.9 Å². The third-order valence-corrected chi connectivity index (χ3v) is 6.58. The molecule has 0 saturated heterocycles. The molecule has 0 bridgehead atoms. The zero-order valence-corrected chi connectivity index (χ0v) is 11.4. The summed E-state index contributed by atoms with van der Waals surface area (Å²) in [6, 6.07) is 0.512. The maximum absolute atomic E-state index is 12.6. The van der Waals surface area contributed by atoms with Gasteiger partial charge in [-0.2, -0.15) is 0 Å². The van der Waals surface area contributed by atoms with Crippen LogP contribution in [0.5, 0.6) is 0 Å². The Kier molecular flexibility index (Phi) is 4.42. The van der Waals surface area contributed by atoms with E-state index in [0.29, 0.717) is 16.5 Å². The fraction of sp³-hybridized carbons (Fsp3) is 1.00. The van der Waals surface area contributed by atoms with Gasteiger partial charge >= 0.3 is 0 Å². The minimum Gasteiger partial charge on any atom is -0.316 e. The van der Waals surface area contributed by atoms with E-state index < -0.39 is 10.8 Å². The highest BCUT2D eigenvalue weighted by Crippen LogP contribution is 2.32. The van der Waals surface area contributed by atoms with Crippen LogP contribution in [0.15, 0.2) is 0 Å². The fourth-order valence-electron chi connectivity index (χ4n) is 3.37. The monoisotopic (exact) mass is 243 g/mol. The van der Waals surface area contributed by atoms with E-state index in [0.717, 1.165) is 5.92 Å². The lowest BCUT2D eigenvalue weighted by Gasteiger charge is -2.30. The van der Waals surface area contributed by atoms with Gasteiger partial charge in [0.1, 0.15) is 0 Å². The first-order chi connectivity index (χ1) is 7.72. The second-order valence-electron chi connectivity index (χ2n) is 5.59. The van der Waals surface area contributed by atoms with E-state index in [4.69, 9.17) is 0 Å². The Balaban J connectivity index is 1.95. The number of nitrogens with one attached hydrogen (secondary N) is 1. The average molecular weight is 243 g/mol. The van der Waals surface area contributed by atoms with Crippen LogP contribution in [0.25, 0.3) is 0 Å².